The van der Waals surface area contributed by atoms with Gasteiger partial charge in [-0.25, -0.2) is 4.98 Å². The average Bonchev–Trinajstić information content (AvgIpc) is 3.17. The minimum absolute atomic E-state index is 0.0872. The Morgan fingerprint density at radius 2 is 1.93 bits per heavy atom. The number of carbonyl (C=O) groups excluding carboxylic acids is 1. The molecular weight excluding hydrogens is 378 g/mol. The number of hydrogen-bond acceptors (Lipinski definition) is 4. The first kappa shape index (κ1) is 18.3. The molecule has 1 saturated heterocycles. The number of aryl methyl sites for hydroxylation is 2. The number of benzene rings is 2. The molecule has 0 aliphatic carbocycles. The molecule has 1 amide bonds. The summed E-state index contributed by atoms with van der Waals surface area (Å²) >= 11 is 1.76. The number of hydrogen-bond donors (Lipinski definition) is 0. The lowest BCUT2D eigenvalue weighted by Gasteiger charge is -2.32. The molecule has 0 saturated carbocycles. The van der Waals surface area contributed by atoms with Crippen molar-refractivity contribution < 1.29 is 4.79 Å². The van der Waals surface area contributed by atoms with E-state index in [1.54, 1.807) is 11.3 Å². The van der Waals surface area contributed by atoms with Crippen LogP contribution in [-0.2, 0) is 0 Å². The summed E-state index contributed by atoms with van der Waals surface area (Å²) < 4.78 is 1.22. The fourth-order valence-electron chi connectivity index (χ4n) is 4.21. The summed E-state index contributed by atoms with van der Waals surface area (Å²) in [6, 6.07) is 16.5. The van der Waals surface area contributed by atoms with Crippen molar-refractivity contribution in [2.75, 3.05) is 13.1 Å². The third kappa shape index (κ3) is 3.40. The zero-order valence-corrected chi connectivity index (χ0v) is 17.5. The third-order valence-corrected chi connectivity index (χ3v) is 6.96. The Kier molecular flexibility index (Phi) is 4.55. The molecule has 2 aromatic carbocycles. The van der Waals surface area contributed by atoms with Gasteiger partial charge in [-0.1, -0.05) is 23.8 Å². The normalized spacial score (nSPS) is 17.2. The van der Waals surface area contributed by atoms with Crippen LogP contribution in [0, 0.1) is 13.8 Å². The molecule has 0 radical (unpaired) electrons. The number of nitrogens with zero attached hydrogens (tertiary/aromatic N) is 3. The van der Waals surface area contributed by atoms with Gasteiger partial charge >= 0.3 is 0 Å². The molecule has 0 N–H and O–H groups in total. The second-order valence-electron chi connectivity index (χ2n) is 7.93. The van der Waals surface area contributed by atoms with Crippen LogP contribution in [0.15, 0.2) is 48.5 Å². The molecule has 3 heterocycles. The van der Waals surface area contributed by atoms with Crippen LogP contribution >= 0.6 is 11.3 Å². The van der Waals surface area contributed by atoms with Crippen molar-refractivity contribution in [3.63, 3.8) is 0 Å². The molecule has 0 unspecified atom stereocenters. The van der Waals surface area contributed by atoms with E-state index in [0.29, 0.717) is 11.5 Å². The van der Waals surface area contributed by atoms with Crippen LogP contribution in [0.1, 0.15) is 45.4 Å². The Morgan fingerprint density at radius 3 is 2.79 bits per heavy atom. The Balaban J connectivity index is 1.43. The molecule has 0 bridgehead atoms. The lowest BCUT2D eigenvalue weighted by atomic mass is 9.97. The molecule has 1 fully saturated rings. The summed E-state index contributed by atoms with van der Waals surface area (Å²) in [5, 5.41) is 2.17. The molecule has 4 nitrogen and oxygen atoms in total. The van der Waals surface area contributed by atoms with Crippen LogP contribution in [0.25, 0.3) is 21.1 Å². The van der Waals surface area contributed by atoms with E-state index in [-0.39, 0.29) is 5.91 Å². The van der Waals surface area contributed by atoms with Crippen LogP contribution in [-0.4, -0.2) is 33.9 Å². The predicted octanol–water partition coefficient (Wildman–Crippen LogP) is 5.48. The summed E-state index contributed by atoms with van der Waals surface area (Å²) in [5.41, 5.74) is 4.69. The van der Waals surface area contributed by atoms with Crippen molar-refractivity contribution in [2.24, 2.45) is 0 Å². The molecule has 146 valence electrons. The first-order valence-corrected chi connectivity index (χ1v) is 10.9. The van der Waals surface area contributed by atoms with Crippen LogP contribution in [0.5, 0.6) is 0 Å². The zero-order valence-electron chi connectivity index (χ0n) is 16.7. The van der Waals surface area contributed by atoms with Gasteiger partial charge in [-0.2, -0.15) is 0 Å². The highest BCUT2D eigenvalue weighted by Crippen LogP contribution is 2.33. The van der Waals surface area contributed by atoms with Gasteiger partial charge in [0.2, 0.25) is 0 Å². The van der Waals surface area contributed by atoms with Crippen molar-refractivity contribution in [3.8, 4) is 0 Å². The van der Waals surface area contributed by atoms with Gasteiger partial charge in [0, 0.05) is 24.4 Å². The lowest BCUT2D eigenvalue weighted by Crippen LogP contribution is -2.39. The van der Waals surface area contributed by atoms with Gasteiger partial charge in [-0.05, 0) is 57.0 Å². The van der Waals surface area contributed by atoms with Crippen molar-refractivity contribution in [3.05, 3.63) is 70.4 Å². The maximum absolute atomic E-state index is 13.4. The van der Waals surface area contributed by atoms with Crippen LogP contribution < -0.4 is 0 Å². The van der Waals surface area contributed by atoms with Crippen LogP contribution in [0.3, 0.4) is 0 Å². The van der Waals surface area contributed by atoms with Gasteiger partial charge in [0.15, 0.2) is 0 Å². The highest BCUT2D eigenvalue weighted by Gasteiger charge is 2.28. The monoisotopic (exact) mass is 401 g/mol. The van der Waals surface area contributed by atoms with E-state index >= 15 is 0 Å². The maximum atomic E-state index is 13.4. The van der Waals surface area contributed by atoms with E-state index in [9.17, 15) is 4.79 Å². The smallest absolute Gasteiger partial charge is 0.255 e. The molecule has 5 rings (SSSR count). The second kappa shape index (κ2) is 7.23. The number of thiazole rings is 1. The summed E-state index contributed by atoms with van der Waals surface area (Å²) in [5.74, 6) is 0.394. The standard InChI is InChI=1S/C24H23N3OS/c1-15-9-10-20-18(12-15)13-19(16(2)25-20)24(28)27-11-5-6-17(14-27)23-26-21-7-3-4-8-22(21)29-23/h3-4,7-10,12-13,17H,5-6,11,14H2,1-2H3/t17-/m1/s1. The fraction of sp³-hybridized carbons (Fsp3) is 0.292. The molecule has 2 aromatic heterocycles. The predicted molar refractivity (Wildman–Crippen MR) is 119 cm³/mol. The Hall–Kier alpha value is -2.79. The van der Waals surface area contributed by atoms with E-state index < -0.39 is 0 Å². The van der Waals surface area contributed by atoms with Gasteiger partial charge in [-0.3, -0.25) is 9.78 Å². The SMILES string of the molecule is Cc1ccc2nc(C)c(C(=O)N3CCC[C@@H](c4nc5ccccc5s4)C3)cc2c1. The number of aromatic nitrogens is 2. The molecule has 29 heavy (non-hydrogen) atoms. The zero-order chi connectivity index (χ0) is 20.0. The number of carbonyl (C=O) groups is 1. The van der Waals surface area contributed by atoms with Gasteiger partial charge in [0.05, 0.1) is 32.0 Å². The van der Waals surface area contributed by atoms with Crippen molar-refractivity contribution >= 4 is 38.4 Å². The number of piperidine rings is 1. The number of amides is 1. The van der Waals surface area contributed by atoms with Crippen LogP contribution in [0.2, 0.25) is 0 Å². The largest absolute Gasteiger partial charge is 0.338 e. The van der Waals surface area contributed by atoms with E-state index in [1.807, 2.05) is 30.0 Å². The van der Waals surface area contributed by atoms with Gasteiger partial charge < -0.3 is 4.90 Å². The van der Waals surface area contributed by atoms with E-state index in [1.165, 1.54) is 10.3 Å². The summed E-state index contributed by atoms with van der Waals surface area (Å²) in [4.78, 5) is 24.9. The molecule has 1 atom stereocenters. The topological polar surface area (TPSA) is 46.1 Å². The van der Waals surface area contributed by atoms with Crippen LogP contribution in [0.4, 0.5) is 0 Å². The summed E-state index contributed by atoms with van der Waals surface area (Å²) in [7, 11) is 0. The summed E-state index contributed by atoms with van der Waals surface area (Å²) in [6.07, 6.45) is 2.09. The third-order valence-electron chi connectivity index (χ3n) is 5.76. The highest BCUT2D eigenvalue weighted by molar-refractivity contribution is 7.18. The van der Waals surface area contributed by atoms with E-state index in [0.717, 1.165) is 53.1 Å². The maximum Gasteiger partial charge on any atom is 0.255 e. The quantitative estimate of drug-likeness (QED) is 0.447. The van der Waals surface area contributed by atoms with Crippen molar-refractivity contribution in [1.29, 1.82) is 0 Å². The minimum atomic E-state index is 0.0872. The molecule has 0 spiro atoms. The van der Waals surface area contributed by atoms with Gasteiger partial charge in [0.1, 0.15) is 0 Å². The highest BCUT2D eigenvalue weighted by atomic mass is 32.1. The first-order valence-electron chi connectivity index (χ1n) is 10.1. The Labute approximate surface area is 174 Å². The van der Waals surface area contributed by atoms with E-state index in [4.69, 9.17) is 4.98 Å². The number of likely N-dealkylation sites (tertiary alicyclic amines) is 1. The molecule has 4 aromatic rings. The second-order valence-corrected chi connectivity index (χ2v) is 8.99. The molecule has 5 heteroatoms. The number of fused-ring (bicyclic) bond motifs is 2. The fourth-order valence-corrected chi connectivity index (χ4v) is 5.30. The van der Waals surface area contributed by atoms with E-state index in [2.05, 4.69) is 42.2 Å². The van der Waals surface area contributed by atoms with Crippen molar-refractivity contribution in [2.45, 2.75) is 32.6 Å². The lowest BCUT2D eigenvalue weighted by molar-refractivity contribution is 0.0706. The molecule has 1 aliphatic heterocycles. The van der Waals surface area contributed by atoms with Gasteiger partial charge in [0.25, 0.3) is 5.91 Å². The molecule has 1 aliphatic rings. The number of rotatable bonds is 2. The molecular formula is C24H23N3OS. The Bertz CT molecular complexity index is 1200. The number of para-hydroxylation sites is 1. The number of pyridine rings is 1. The minimum Gasteiger partial charge on any atom is -0.338 e. The first-order chi connectivity index (χ1) is 14.1. The van der Waals surface area contributed by atoms with Gasteiger partial charge in [-0.15, -0.1) is 11.3 Å². The Morgan fingerprint density at radius 1 is 1.07 bits per heavy atom. The van der Waals surface area contributed by atoms with Crippen molar-refractivity contribution in [1.82, 2.24) is 14.9 Å². The summed E-state index contributed by atoms with van der Waals surface area (Å²) in [6.45, 7) is 5.52. The average molecular weight is 402 g/mol.